The standard InChI is InChI=1S/C27H28F3NO5/c1-6-34-25(32)26(3,4)36-23-14-12-21(15-24(23)33-5)35-16-19-9-13-22(31-17(19)2)18-7-10-20(11-8-18)27(28,29)30/h7-15H,6,16H2,1-5H3. The molecule has 0 atom stereocenters. The van der Waals surface area contributed by atoms with E-state index in [1.807, 2.05) is 6.07 Å². The molecule has 3 rings (SSSR count). The molecule has 1 heterocycles. The maximum atomic E-state index is 12.8. The number of carbonyl (C=O) groups excluding carboxylic acids is 1. The Hall–Kier alpha value is -3.75. The first kappa shape index (κ1) is 26.8. The Bertz CT molecular complexity index is 1210. The first-order valence-electron chi connectivity index (χ1n) is 11.3. The van der Waals surface area contributed by atoms with E-state index in [2.05, 4.69) is 4.98 Å². The van der Waals surface area contributed by atoms with Gasteiger partial charge in [0.15, 0.2) is 17.1 Å². The van der Waals surface area contributed by atoms with Crippen LogP contribution in [-0.2, 0) is 22.3 Å². The summed E-state index contributed by atoms with van der Waals surface area (Å²) < 4.78 is 60.6. The number of alkyl halides is 3. The number of pyridine rings is 1. The molecule has 192 valence electrons. The second-order valence-electron chi connectivity index (χ2n) is 8.45. The van der Waals surface area contributed by atoms with Gasteiger partial charge in [0.05, 0.1) is 25.0 Å². The van der Waals surface area contributed by atoms with Gasteiger partial charge < -0.3 is 18.9 Å². The van der Waals surface area contributed by atoms with Gasteiger partial charge in [-0.3, -0.25) is 4.98 Å². The lowest BCUT2D eigenvalue weighted by molar-refractivity contribution is -0.158. The molecule has 1 aromatic heterocycles. The van der Waals surface area contributed by atoms with E-state index in [1.165, 1.54) is 19.2 Å². The summed E-state index contributed by atoms with van der Waals surface area (Å²) >= 11 is 0. The Balaban J connectivity index is 1.70. The highest BCUT2D eigenvalue weighted by molar-refractivity contribution is 5.79. The van der Waals surface area contributed by atoms with Crippen molar-refractivity contribution in [2.24, 2.45) is 0 Å². The number of rotatable bonds is 9. The van der Waals surface area contributed by atoms with Crippen molar-refractivity contribution in [2.45, 2.75) is 46.1 Å². The van der Waals surface area contributed by atoms with Crippen LogP contribution in [-0.4, -0.2) is 30.3 Å². The van der Waals surface area contributed by atoms with Gasteiger partial charge in [0.1, 0.15) is 12.4 Å². The Labute approximate surface area is 208 Å². The second kappa shape index (κ2) is 10.9. The van der Waals surface area contributed by atoms with Gasteiger partial charge >= 0.3 is 12.1 Å². The number of hydrogen-bond acceptors (Lipinski definition) is 6. The Morgan fingerprint density at radius 1 is 0.972 bits per heavy atom. The molecular formula is C27H28F3NO5. The minimum atomic E-state index is -4.38. The Kier molecular flexibility index (Phi) is 8.12. The molecule has 0 saturated heterocycles. The van der Waals surface area contributed by atoms with Gasteiger partial charge in [0.25, 0.3) is 0 Å². The summed E-state index contributed by atoms with van der Waals surface area (Å²) in [5.41, 5.74) is 0.749. The molecule has 0 N–H and O–H groups in total. The van der Waals surface area contributed by atoms with E-state index in [0.29, 0.717) is 34.2 Å². The predicted molar refractivity (Wildman–Crippen MR) is 128 cm³/mol. The lowest BCUT2D eigenvalue weighted by atomic mass is 10.1. The van der Waals surface area contributed by atoms with Gasteiger partial charge in [-0.25, -0.2) is 4.79 Å². The van der Waals surface area contributed by atoms with Gasteiger partial charge in [0.2, 0.25) is 0 Å². The van der Waals surface area contributed by atoms with Crippen LogP contribution in [0.1, 0.15) is 37.6 Å². The van der Waals surface area contributed by atoms with E-state index < -0.39 is 23.3 Å². The normalized spacial score (nSPS) is 11.7. The van der Waals surface area contributed by atoms with Gasteiger partial charge in [-0.05, 0) is 58.0 Å². The summed E-state index contributed by atoms with van der Waals surface area (Å²) in [5, 5.41) is 0. The highest BCUT2D eigenvalue weighted by Crippen LogP contribution is 2.35. The van der Waals surface area contributed by atoms with Crippen LogP contribution in [0, 0.1) is 6.92 Å². The Morgan fingerprint density at radius 3 is 2.25 bits per heavy atom. The third kappa shape index (κ3) is 6.47. The summed E-state index contributed by atoms with van der Waals surface area (Å²) in [4.78, 5) is 16.6. The summed E-state index contributed by atoms with van der Waals surface area (Å²) in [6.07, 6.45) is -4.38. The van der Waals surface area contributed by atoms with Crippen LogP contribution in [0.3, 0.4) is 0 Å². The van der Waals surface area contributed by atoms with E-state index in [0.717, 1.165) is 17.7 Å². The molecule has 3 aromatic rings. The maximum absolute atomic E-state index is 12.8. The molecule has 0 aliphatic carbocycles. The van der Waals surface area contributed by atoms with E-state index in [9.17, 15) is 18.0 Å². The highest BCUT2D eigenvalue weighted by Gasteiger charge is 2.33. The molecule has 0 saturated carbocycles. The van der Waals surface area contributed by atoms with Gasteiger partial charge in [-0.1, -0.05) is 18.2 Å². The number of benzene rings is 2. The number of aryl methyl sites for hydroxylation is 1. The largest absolute Gasteiger partial charge is 0.493 e. The molecule has 0 fully saturated rings. The quantitative estimate of drug-likeness (QED) is 0.316. The zero-order valence-electron chi connectivity index (χ0n) is 20.7. The number of methoxy groups -OCH3 is 1. The van der Waals surface area contributed by atoms with Gasteiger partial charge in [-0.15, -0.1) is 0 Å². The van der Waals surface area contributed by atoms with Crippen molar-refractivity contribution >= 4 is 5.97 Å². The van der Waals surface area contributed by atoms with Crippen molar-refractivity contribution in [1.29, 1.82) is 0 Å². The van der Waals surface area contributed by atoms with Crippen LogP contribution in [0.15, 0.2) is 54.6 Å². The fourth-order valence-corrected chi connectivity index (χ4v) is 3.34. The molecular weight excluding hydrogens is 475 g/mol. The molecule has 0 aliphatic rings. The molecule has 6 nitrogen and oxygen atoms in total. The van der Waals surface area contributed by atoms with Crippen molar-refractivity contribution in [3.63, 3.8) is 0 Å². The average molecular weight is 504 g/mol. The number of halogens is 3. The van der Waals surface area contributed by atoms with Crippen LogP contribution in [0.2, 0.25) is 0 Å². The van der Waals surface area contributed by atoms with Crippen molar-refractivity contribution < 1.29 is 36.9 Å². The molecule has 0 bridgehead atoms. The van der Waals surface area contributed by atoms with Crippen molar-refractivity contribution in [1.82, 2.24) is 4.98 Å². The third-order valence-electron chi connectivity index (χ3n) is 5.36. The lowest BCUT2D eigenvalue weighted by Crippen LogP contribution is -2.39. The van der Waals surface area contributed by atoms with Crippen molar-refractivity contribution in [3.8, 4) is 28.5 Å². The maximum Gasteiger partial charge on any atom is 0.416 e. The van der Waals surface area contributed by atoms with E-state index in [1.54, 1.807) is 52.0 Å². The van der Waals surface area contributed by atoms with Crippen LogP contribution < -0.4 is 14.2 Å². The molecule has 0 amide bonds. The van der Waals surface area contributed by atoms with E-state index in [-0.39, 0.29) is 13.2 Å². The summed E-state index contributed by atoms with van der Waals surface area (Å²) in [6.45, 7) is 7.21. The second-order valence-corrected chi connectivity index (χ2v) is 8.45. The number of hydrogen-bond donors (Lipinski definition) is 0. The van der Waals surface area contributed by atoms with E-state index >= 15 is 0 Å². The minimum absolute atomic E-state index is 0.212. The third-order valence-corrected chi connectivity index (χ3v) is 5.36. The van der Waals surface area contributed by atoms with E-state index in [4.69, 9.17) is 18.9 Å². The fourth-order valence-electron chi connectivity index (χ4n) is 3.34. The SMILES string of the molecule is CCOC(=O)C(C)(C)Oc1ccc(OCc2ccc(-c3ccc(C(F)(F)F)cc3)nc2C)cc1OC. The number of esters is 1. The first-order chi connectivity index (χ1) is 16.9. The summed E-state index contributed by atoms with van der Waals surface area (Å²) in [6, 6.07) is 13.4. The number of nitrogens with zero attached hydrogens (tertiary/aromatic N) is 1. The number of ether oxygens (including phenoxy) is 4. The Morgan fingerprint density at radius 2 is 1.67 bits per heavy atom. The molecule has 36 heavy (non-hydrogen) atoms. The molecule has 9 heteroatoms. The first-order valence-corrected chi connectivity index (χ1v) is 11.3. The van der Waals surface area contributed by atoms with Crippen molar-refractivity contribution in [3.05, 3.63) is 71.4 Å². The van der Waals surface area contributed by atoms with Crippen LogP contribution >= 0.6 is 0 Å². The zero-order chi connectivity index (χ0) is 26.5. The molecule has 2 aromatic carbocycles. The van der Waals surface area contributed by atoms with Gasteiger partial charge in [0, 0.05) is 22.9 Å². The minimum Gasteiger partial charge on any atom is -0.493 e. The number of aromatic nitrogens is 1. The van der Waals surface area contributed by atoms with Gasteiger partial charge in [-0.2, -0.15) is 13.2 Å². The molecule has 0 radical (unpaired) electrons. The molecule has 0 spiro atoms. The highest BCUT2D eigenvalue weighted by atomic mass is 19.4. The monoisotopic (exact) mass is 503 g/mol. The number of carbonyl (C=O) groups is 1. The summed E-state index contributed by atoms with van der Waals surface area (Å²) in [5.74, 6) is 0.772. The predicted octanol–water partition coefficient (Wildman–Crippen LogP) is 6.38. The molecule has 0 aliphatic heterocycles. The topological polar surface area (TPSA) is 66.9 Å². The van der Waals surface area contributed by atoms with Crippen LogP contribution in [0.4, 0.5) is 13.2 Å². The van der Waals surface area contributed by atoms with Crippen LogP contribution in [0.25, 0.3) is 11.3 Å². The average Bonchev–Trinajstić information content (AvgIpc) is 2.83. The lowest BCUT2D eigenvalue weighted by Gasteiger charge is -2.25. The van der Waals surface area contributed by atoms with Crippen molar-refractivity contribution in [2.75, 3.05) is 13.7 Å². The smallest absolute Gasteiger partial charge is 0.416 e. The zero-order valence-corrected chi connectivity index (χ0v) is 20.7. The summed E-state index contributed by atoms with van der Waals surface area (Å²) in [7, 11) is 1.48. The molecule has 0 unspecified atom stereocenters. The fraction of sp³-hybridized carbons (Fsp3) is 0.333. The van der Waals surface area contributed by atoms with Crippen LogP contribution in [0.5, 0.6) is 17.2 Å².